The van der Waals surface area contributed by atoms with E-state index in [1.807, 2.05) is 0 Å². The van der Waals surface area contributed by atoms with Crippen molar-refractivity contribution in [2.75, 3.05) is 31.1 Å². The highest BCUT2D eigenvalue weighted by molar-refractivity contribution is 6.35. The normalized spacial score (nSPS) is 19.2. The molecule has 62 heavy (non-hydrogen) atoms. The smallest absolute Gasteiger partial charge is 0.370 e. The van der Waals surface area contributed by atoms with E-state index in [0.717, 1.165) is 41.3 Å². The van der Waals surface area contributed by atoms with Crippen molar-refractivity contribution in [2.45, 2.75) is 48.4 Å². The van der Waals surface area contributed by atoms with Crippen LogP contribution in [0.25, 0.3) is 0 Å². The van der Waals surface area contributed by atoms with Crippen molar-refractivity contribution >= 4 is 52.1 Å². The summed E-state index contributed by atoms with van der Waals surface area (Å²) < 4.78 is 212. The standard InChI is InChI=1S/C19H11Cl2F7N2.C11H8Cl2F5N.C8H3F4N/c20-11-5-14(16(22)15(21)6-11)17(19(26,27)28)3-4-30(9-17)12-2-1-10(8-29)13(7-12)18(23,24)25;12-6-3-5(8(14)7(13)9(6)15)10(11(16,17)18)1-2-19-4-10;9-6-2-1-5(4-13)7(3-6)8(10,11)12/h1-2,5-7H,3-4,9H2;3,19H,1-2,4H2;1-3H. The zero-order valence-electron chi connectivity index (χ0n) is 30.3. The van der Waals surface area contributed by atoms with Gasteiger partial charge in [-0.25, -0.2) is 17.6 Å². The minimum absolute atomic E-state index is 0.0750. The molecule has 0 amide bonds. The molecule has 2 aliphatic heterocycles. The first-order valence-corrected chi connectivity index (χ1v) is 18.4. The molecule has 0 radical (unpaired) electrons. The van der Waals surface area contributed by atoms with Gasteiger partial charge in [-0.15, -0.1) is 0 Å². The maximum atomic E-state index is 14.6. The van der Waals surface area contributed by atoms with Gasteiger partial charge in [0.2, 0.25) is 0 Å². The van der Waals surface area contributed by atoms with Crippen LogP contribution >= 0.6 is 46.4 Å². The fraction of sp³-hybridized carbons (Fsp3) is 0.316. The van der Waals surface area contributed by atoms with Gasteiger partial charge < -0.3 is 10.2 Å². The monoisotopic (exact) mass is 978 g/mol. The Hall–Kier alpha value is -4.34. The minimum atomic E-state index is -4.93. The third-order valence-corrected chi connectivity index (χ3v) is 10.9. The summed E-state index contributed by atoms with van der Waals surface area (Å²) in [6.45, 7) is -1.56. The number of rotatable bonds is 3. The fourth-order valence-corrected chi connectivity index (χ4v) is 7.63. The van der Waals surface area contributed by atoms with Crippen LogP contribution in [0.4, 0.5) is 75.9 Å². The van der Waals surface area contributed by atoms with Crippen molar-refractivity contribution in [1.29, 1.82) is 10.5 Å². The maximum absolute atomic E-state index is 14.6. The van der Waals surface area contributed by atoms with Crippen LogP contribution in [0.3, 0.4) is 0 Å². The summed E-state index contributed by atoms with van der Waals surface area (Å²) >= 11 is 22.3. The molecular formula is C38H22Cl4F16N4. The van der Waals surface area contributed by atoms with Gasteiger partial charge in [0, 0.05) is 41.5 Å². The Labute approximate surface area is 360 Å². The third kappa shape index (κ3) is 10.2. The first-order valence-electron chi connectivity index (χ1n) is 16.9. The van der Waals surface area contributed by atoms with E-state index in [9.17, 15) is 70.2 Å². The first-order chi connectivity index (χ1) is 28.5. The lowest BCUT2D eigenvalue weighted by Crippen LogP contribution is -2.45. The molecule has 4 nitrogen and oxygen atoms in total. The van der Waals surface area contributed by atoms with Crippen LogP contribution in [0.15, 0.2) is 54.6 Å². The van der Waals surface area contributed by atoms with Gasteiger partial charge in [0.1, 0.15) is 33.3 Å². The van der Waals surface area contributed by atoms with Crippen molar-refractivity contribution in [2.24, 2.45) is 0 Å². The van der Waals surface area contributed by atoms with Crippen molar-refractivity contribution in [3.8, 4) is 12.1 Å². The number of anilines is 1. The second-order valence-corrected chi connectivity index (χ2v) is 15.1. The topological polar surface area (TPSA) is 62.9 Å². The van der Waals surface area contributed by atoms with Crippen molar-refractivity contribution in [1.82, 2.24) is 5.32 Å². The summed E-state index contributed by atoms with van der Waals surface area (Å²) in [7, 11) is 0. The van der Waals surface area contributed by atoms with E-state index in [1.165, 1.54) is 12.1 Å². The highest BCUT2D eigenvalue weighted by Crippen LogP contribution is 2.51. The van der Waals surface area contributed by atoms with Crippen LogP contribution in [0.1, 0.15) is 46.2 Å². The van der Waals surface area contributed by atoms with Gasteiger partial charge in [-0.3, -0.25) is 0 Å². The molecule has 4 aromatic carbocycles. The molecule has 2 aliphatic rings. The molecule has 2 unspecified atom stereocenters. The van der Waals surface area contributed by atoms with Crippen LogP contribution in [0.2, 0.25) is 20.1 Å². The number of nitrogens with zero attached hydrogens (tertiary/aromatic N) is 3. The SMILES string of the molecule is Fc1c(Cl)cc(C2(C(F)(F)F)CCNC2)c(F)c1Cl.N#Cc1ccc(F)cc1C(F)(F)F.N#Cc1ccc(N2CCC(c3cc(Cl)cc(Cl)c3F)(C(F)(F)F)C2)cc1C(F)(F)F. The Bertz CT molecular complexity index is 2400. The van der Waals surface area contributed by atoms with E-state index < -0.39 is 127 Å². The zero-order chi connectivity index (χ0) is 47.0. The third-order valence-electron chi connectivity index (χ3n) is 9.84. The Balaban J connectivity index is 0.000000225. The van der Waals surface area contributed by atoms with Crippen LogP contribution in [-0.2, 0) is 23.2 Å². The molecule has 2 heterocycles. The summed E-state index contributed by atoms with van der Waals surface area (Å²) in [6.07, 6.45) is -20.2. The number of nitriles is 2. The number of hydrogen-bond acceptors (Lipinski definition) is 4. The average Bonchev–Trinajstić information content (AvgIpc) is 3.87. The van der Waals surface area contributed by atoms with Crippen LogP contribution in [-0.4, -0.2) is 38.5 Å². The summed E-state index contributed by atoms with van der Waals surface area (Å²) in [5.74, 6) is -4.96. The van der Waals surface area contributed by atoms with Crippen molar-refractivity contribution in [3.05, 3.63) is 131 Å². The van der Waals surface area contributed by atoms with Gasteiger partial charge in [-0.1, -0.05) is 46.4 Å². The molecule has 24 heteroatoms. The molecule has 4 aromatic rings. The Morgan fingerprint density at radius 2 is 1.11 bits per heavy atom. The van der Waals surface area contributed by atoms with Crippen LogP contribution in [0, 0.1) is 45.9 Å². The predicted octanol–water partition coefficient (Wildman–Crippen LogP) is 13.5. The molecule has 6 rings (SSSR count). The molecule has 1 N–H and O–H groups in total. The van der Waals surface area contributed by atoms with Gasteiger partial charge in [-0.05, 0) is 74.0 Å². The number of halogens is 20. The summed E-state index contributed by atoms with van der Waals surface area (Å²) in [6, 6.07) is 9.77. The van der Waals surface area contributed by atoms with E-state index in [4.69, 9.17) is 56.9 Å². The van der Waals surface area contributed by atoms with Gasteiger partial charge in [0.05, 0.1) is 44.4 Å². The van der Waals surface area contributed by atoms with E-state index in [-0.39, 0.29) is 30.2 Å². The lowest BCUT2D eigenvalue weighted by atomic mass is 9.78. The van der Waals surface area contributed by atoms with E-state index in [2.05, 4.69) is 5.32 Å². The number of nitrogens with one attached hydrogen (secondary N) is 1. The maximum Gasteiger partial charge on any atom is 0.417 e. The molecule has 2 fully saturated rings. The summed E-state index contributed by atoms with van der Waals surface area (Å²) in [5, 5.41) is 17.3. The van der Waals surface area contributed by atoms with Gasteiger partial charge in [0.25, 0.3) is 0 Å². The van der Waals surface area contributed by atoms with Gasteiger partial charge >= 0.3 is 24.7 Å². The second kappa shape index (κ2) is 18.4. The minimum Gasteiger partial charge on any atom is -0.370 e. The molecule has 0 aromatic heterocycles. The molecule has 0 saturated carbocycles. The Morgan fingerprint density at radius 3 is 1.61 bits per heavy atom. The molecule has 0 aliphatic carbocycles. The number of hydrogen-bond donors (Lipinski definition) is 1. The number of alkyl halides is 12. The van der Waals surface area contributed by atoms with Crippen molar-refractivity contribution in [3.63, 3.8) is 0 Å². The Kier molecular flexibility index (Phi) is 14.9. The molecule has 0 bridgehead atoms. The lowest BCUT2D eigenvalue weighted by Gasteiger charge is -2.33. The van der Waals surface area contributed by atoms with Crippen LogP contribution < -0.4 is 10.2 Å². The van der Waals surface area contributed by atoms with E-state index in [1.54, 1.807) is 0 Å². The van der Waals surface area contributed by atoms with Crippen molar-refractivity contribution < 1.29 is 70.2 Å². The highest BCUT2D eigenvalue weighted by atomic mass is 35.5. The zero-order valence-corrected chi connectivity index (χ0v) is 33.4. The quantitative estimate of drug-likeness (QED) is 0.126. The van der Waals surface area contributed by atoms with E-state index in [0.29, 0.717) is 18.2 Å². The predicted molar refractivity (Wildman–Crippen MR) is 195 cm³/mol. The van der Waals surface area contributed by atoms with Gasteiger partial charge in [0.15, 0.2) is 5.82 Å². The highest BCUT2D eigenvalue weighted by Gasteiger charge is 2.61. The largest absolute Gasteiger partial charge is 0.417 e. The van der Waals surface area contributed by atoms with Gasteiger partial charge in [-0.2, -0.15) is 63.2 Å². The summed E-state index contributed by atoms with van der Waals surface area (Å²) in [4.78, 5) is 1.07. The van der Waals surface area contributed by atoms with Crippen LogP contribution in [0.5, 0.6) is 0 Å². The first kappa shape index (κ1) is 50.3. The van der Waals surface area contributed by atoms with E-state index >= 15 is 0 Å². The molecule has 2 atom stereocenters. The molecule has 0 spiro atoms. The molecular weight excluding hydrogens is 958 g/mol. The molecule has 334 valence electrons. The fourth-order valence-electron chi connectivity index (χ4n) is 6.69. The lowest BCUT2D eigenvalue weighted by molar-refractivity contribution is -0.186. The second-order valence-electron chi connectivity index (χ2n) is 13.5. The summed E-state index contributed by atoms with van der Waals surface area (Å²) in [5.41, 5.74) is -10.5. The molecule has 2 saturated heterocycles. The number of benzene rings is 4. The average molecular weight is 980 g/mol. The Morgan fingerprint density at radius 1 is 0.597 bits per heavy atom.